The molecule has 1 heterocycles. The van der Waals surface area contributed by atoms with Crippen molar-refractivity contribution in [1.82, 2.24) is 5.32 Å². The molecule has 116 valence electrons. The van der Waals surface area contributed by atoms with Gasteiger partial charge in [0.05, 0.1) is 5.60 Å². The maximum atomic E-state index is 6.14. The molecule has 3 aliphatic rings. The molecular formula is C18H33NO. The second-order valence-corrected chi connectivity index (χ2v) is 7.55. The van der Waals surface area contributed by atoms with Gasteiger partial charge in [-0.2, -0.15) is 0 Å². The van der Waals surface area contributed by atoms with Crippen LogP contribution in [0, 0.1) is 17.8 Å². The number of hydrogen-bond donors (Lipinski definition) is 1. The van der Waals surface area contributed by atoms with E-state index in [1.807, 2.05) is 0 Å². The lowest BCUT2D eigenvalue weighted by atomic mass is 9.64. The molecule has 0 aromatic carbocycles. The highest BCUT2D eigenvalue weighted by Gasteiger charge is 2.45. The standard InChI is InChI=1S/C18H33NO/c1-2-11-19-14-16-6-3-4-7-17(16)15-8-12-20-18(13-15)9-5-10-18/h15-17,19H,2-14H2,1H3. The van der Waals surface area contributed by atoms with Gasteiger partial charge in [-0.15, -0.1) is 0 Å². The van der Waals surface area contributed by atoms with Crippen LogP contribution in [0.25, 0.3) is 0 Å². The largest absolute Gasteiger partial charge is 0.375 e. The first kappa shape index (κ1) is 14.8. The van der Waals surface area contributed by atoms with Crippen molar-refractivity contribution in [2.24, 2.45) is 17.8 Å². The van der Waals surface area contributed by atoms with Crippen molar-refractivity contribution in [3.63, 3.8) is 0 Å². The molecule has 1 saturated heterocycles. The van der Waals surface area contributed by atoms with E-state index >= 15 is 0 Å². The zero-order chi connectivity index (χ0) is 13.8. The van der Waals surface area contributed by atoms with Gasteiger partial charge in [0.2, 0.25) is 0 Å². The zero-order valence-electron chi connectivity index (χ0n) is 13.3. The Morgan fingerprint density at radius 3 is 2.70 bits per heavy atom. The summed E-state index contributed by atoms with van der Waals surface area (Å²) in [6.07, 6.45) is 13.9. The molecule has 20 heavy (non-hydrogen) atoms. The second-order valence-electron chi connectivity index (χ2n) is 7.55. The van der Waals surface area contributed by atoms with Gasteiger partial charge in [-0.05, 0) is 82.2 Å². The fraction of sp³-hybridized carbons (Fsp3) is 1.00. The van der Waals surface area contributed by atoms with E-state index in [9.17, 15) is 0 Å². The molecule has 2 aliphatic carbocycles. The predicted molar refractivity (Wildman–Crippen MR) is 83.9 cm³/mol. The minimum absolute atomic E-state index is 0.335. The summed E-state index contributed by atoms with van der Waals surface area (Å²) in [5, 5.41) is 3.69. The Morgan fingerprint density at radius 2 is 1.95 bits per heavy atom. The number of nitrogens with one attached hydrogen (secondary N) is 1. The molecule has 2 nitrogen and oxygen atoms in total. The first-order chi connectivity index (χ1) is 9.83. The molecule has 1 spiro atoms. The zero-order valence-corrected chi connectivity index (χ0v) is 13.3. The molecule has 1 aliphatic heterocycles. The minimum atomic E-state index is 0.335. The van der Waals surface area contributed by atoms with Crippen molar-refractivity contribution in [3.05, 3.63) is 0 Å². The minimum Gasteiger partial charge on any atom is -0.375 e. The highest BCUT2D eigenvalue weighted by Crippen LogP contribution is 2.49. The molecule has 0 amide bonds. The first-order valence-electron chi connectivity index (χ1n) is 9.18. The average Bonchev–Trinajstić information content (AvgIpc) is 2.47. The summed E-state index contributed by atoms with van der Waals surface area (Å²) in [6.45, 7) is 5.77. The maximum Gasteiger partial charge on any atom is 0.0685 e. The monoisotopic (exact) mass is 279 g/mol. The Kier molecular flexibility index (Phi) is 5.04. The van der Waals surface area contributed by atoms with Crippen LogP contribution in [0.1, 0.15) is 71.1 Å². The van der Waals surface area contributed by atoms with E-state index in [1.54, 1.807) is 0 Å². The van der Waals surface area contributed by atoms with Crippen LogP contribution in [0.2, 0.25) is 0 Å². The van der Waals surface area contributed by atoms with Crippen molar-refractivity contribution < 1.29 is 4.74 Å². The SMILES string of the molecule is CCCNCC1CCCCC1C1CCOC2(CCC2)C1. The van der Waals surface area contributed by atoms with Gasteiger partial charge >= 0.3 is 0 Å². The Morgan fingerprint density at radius 1 is 1.10 bits per heavy atom. The van der Waals surface area contributed by atoms with Crippen LogP contribution in [0.3, 0.4) is 0 Å². The summed E-state index contributed by atoms with van der Waals surface area (Å²) < 4.78 is 6.14. The molecule has 3 fully saturated rings. The summed E-state index contributed by atoms with van der Waals surface area (Å²) in [7, 11) is 0. The molecule has 0 aromatic rings. The van der Waals surface area contributed by atoms with Crippen LogP contribution in [-0.4, -0.2) is 25.3 Å². The van der Waals surface area contributed by atoms with Gasteiger partial charge < -0.3 is 10.1 Å². The van der Waals surface area contributed by atoms with E-state index in [2.05, 4.69) is 12.2 Å². The molecule has 2 heteroatoms. The molecular weight excluding hydrogens is 246 g/mol. The Balaban J connectivity index is 1.57. The van der Waals surface area contributed by atoms with E-state index in [4.69, 9.17) is 4.74 Å². The van der Waals surface area contributed by atoms with Gasteiger partial charge in [0, 0.05) is 6.61 Å². The van der Waals surface area contributed by atoms with Gasteiger partial charge in [0.1, 0.15) is 0 Å². The second kappa shape index (κ2) is 6.79. The van der Waals surface area contributed by atoms with E-state index in [0.29, 0.717) is 5.60 Å². The fourth-order valence-electron chi connectivity index (χ4n) is 4.93. The summed E-state index contributed by atoms with van der Waals surface area (Å²) >= 11 is 0. The lowest BCUT2D eigenvalue weighted by Gasteiger charge is -2.50. The maximum absolute atomic E-state index is 6.14. The van der Waals surface area contributed by atoms with E-state index in [-0.39, 0.29) is 0 Å². The van der Waals surface area contributed by atoms with Gasteiger partial charge in [-0.1, -0.05) is 19.8 Å². The number of ether oxygens (including phenoxy) is 1. The van der Waals surface area contributed by atoms with Crippen molar-refractivity contribution >= 4 is 0 Å². The molecule has 0 aromatic heterocycles. The quantitative estimate of drug-likeness (QED) is 0.764. The highest BCUT2D eigenvalue weighted by molar-refractivity contribution is 4.96. The van der Waals surface area contributed by atoms with Crippen molar-refractivity contribution in [3.8, 4) is 0 Å². The molecule has 3 unspecified atom stereocenters. The summed E-state index contributed by atoms with van der Waals surface area (Å²) in [5.41, 5.74) is 0.335. The lowest BCUT2D eigenvalue weighted by molar-refractivity contribution is -0.154. The Labute approximate surface area is 125 Å². The average molecular weight is 279 g/mol. The van der Waals surface area contributed by atoms with Crippen LogP contribution in [0.4, 0.5) is 0 Å². The topological polar surface area (TPSA) is 21.3 Å². The summed E-state index contributed by atoms with van der Waals surface area (Å²) in [5.74, 6) is 2.88. The summed E-state index contributed by atoms with van der Waals surface area (Å²) in [4.78, 5) is 0. The van der Waals surface area contributed by atoms with Gasteiger partial charge in [0.15, 0.2) is 0 Å². The van der Waals surface area contributed by atoms with Crippen LogP contribution >= 0.6 is 0 Å². The molecule has 1 N–H and O–H groups in total. The number of hydrogen-bond acceptors (Lipinski definition) is 2. The third-order valence-corrected chi connectivity index (χ3v) is 6.20. The van der Waals surface area contributed by atoms with Crippen molar-refractivity contribution in [1.29, 1.82) is 0 Å². The molecule has 0 radical (unpaired) electrons. The van der Waals surface area contributed by atoms with Gasteiger partial charge in [0.25, 0.3) is 0 Å². The van der Waals surface area contributed by atoms with Gasteiger partial charge in [-0.3, -0.25) is 0 Å². The van der Waals surface area contributed by atoms with E-state index in [1.165, 1.54) is 77.3 Å². The highest BCUT2D eigenvalue weighted by atomic mass is 16.5. The van der Waals surface area contributed by atoms with Crippen molar-refractivity contribution in [2.75, 3.05) is 19.7 Å². The molecule has 3 atom stereocenters. The third-order valence-electron chi connectivity index (χ3n) is 6.20. The van der Waals surface area contributed by atoms with Crippen LogP contribution in [0.15, 0.2) is 0 Å². The van der Waals surface area contributed by atoms with Crippen LogP contribution in [0.5, 0.6) is 0 Å². The fourth-order valence-corrected chi connectivity index (χ4v) is 4.93. The van der Waals surface area contributed by atoms with Crippen LogP contribution in [-0.2, 0) is 4.74 Å². The third kappa shape index (κ3) is 3.22. The Hall–Kier alpha value is -0.0800. The smallest absolute Gasteiger partial charge is 0.0685 e. The van der Waals surface area contributed by atoms with E-state index < -0.39 is 0 Å². The van der Waals surface area contributed by atoms with Gasteiger partial charge in [-0.25, -0.2) is 0 Å². The van der Waals surface area contributed by atoms with E-state index in [0.717, 1.165) is 24.4 Å². The Bertz CT molecular complexity index is 300. The normalized spacial score (nSPS) is 36.8. The first-order valence-corrected chi connectivity index (χ1v) is 9.18. The summed E-state index contributed by atoms with van der Waals surface area (Å²) in [6, 6.07) is 0. The molecule has 3 rings (SSSR count). The number of rotatable bonds is 5. The predicted octanol–water partition coefficient (Wildman–Crippen LogP) is 4.14. The molecule has 0 bridgehead atoms. The van der Waals surface area contributed by atoms with Crippen LogP contribution < -0.4 is 5.32 Å². The van der Waals surface area contributed by atoms with Crippen molar-refractivity contribution in [2.45, 2.75) is 76.7 Å². The molecule has 2 saturated carbocycles. The lowest BCUT2D eigenvalue weighted by Crippen LogP contribution is -2.48.